The molecule has 2 N–H and O–H groups in total. The van der Waals surface area contributed by atoms with Crippen LogP contribution in [0.25, 0.3) is 0 Å². The zero-order chi connectivity index (χ0) is 15.0. The standard InChI is InChI=1S/C8H19O4PS.C4H9.Zn/c1-2-3-4-5-6-7-8-14-12-13(9,10)11;1-3-4-2;/h2-8H2,1H3,(H2,9,10,11);1,3-4H2,2H3;. The van der Waals surface area contributed by atoms with E-state index in [-0.39, 0.29) is 0 Å². The molecule has 0 saturated carbocycles. The maximum atomic E-state index is 10.3. The molecule has 0 fully saturated rings. The van der Waals surface area contributed by atoms with Crippen molar-refractivity contribution in [1.29, 1.82) is 0 Å². The Morgan fingerprint density at radius 2 is 1.53 bits per heavy atom. The molecule has 0 spiro atoms. The Labute approximate surface area is 132 Å². The molecule has 0 aliphatic rings. The predicted octanol–water partition coefficient (Wildman–Crippen LogP) is 4.86. The summed E-state index contributed by atoms with van der Waals surface area (Å²) in [6.07, 6.45) is 9.83. The van der Waals surface area contributed by atoms with Gasteiger partial charge in [0.05, 0.1) is 0 Å². The first-order valence-electron chi connectivity index (χ1n) is 7.13. The minimum atomic E-state index is -4.27. The molecule has 0 bridgehead atoms. The van der Waals surface area contributed by atoms with Crippen LogP contribution in [-0.2, 0) is 26.8 Å². The van der Waals surface area contributed by atoms with E-state index in [0.29, 0.717) is 5.75 Å². The van der Waals surface area contributed by atoms with Gasteiger partial charge < -0.3 is 9.79 Å². The van der Waals surface area contributed by atoms with Gasteiger partial charge in [-0.15, -0.1) is 0 Å². The minimum absolute atomic E-state index is 0.650. The van der Waals surface area contributed by atoms with Crippen molar-refractivity contribution in [3.8, 4) is 0 Å². The van der Waals surface area contributed by atoms with E-state index in [1.54, 1.807) is 0 Å². The number of phosphoric acid groups is 1. The van der Waals surface area contributed by atoms with E-state index < -0.39 is 7.82 Å². The molecule has 0 aromatic rings. The van der Waals surface area contributed by atoms with E-state index in [1.165, 1.54) is 61.8 Å². The van der Waals surface area contributed by atoms with Crippen LogP contribution < -0.4 is 0 Å². The van der Waals surface area contributed by atoms with E-state index in [1.807, 2.05) is 0 Å². The molecule has 0 rings (SSSR count). The first-order chi connectivity index (χ1) is 8.97. The van der Waals surface area contributed by atoms with Gasteiger partial charge in [0.25, 0.3) is 0 Å². The first-order valence-corrected chi connectivity index (χ1v) is 11.7. The Bertz CT molecular complexity index is 212. The monoisotopic (exact) mass is 363 g/mol. The summed E-state index contributed by atoms with van der Waals surface area (Å²) < 4.78 is 14.5. The molecule has 0 unspecified atom stereocenters. The summed E-state index contributed by atoms with van der Waals surface area (Å²) in [5.41, 5.74) is 0. The summed E-state index contributed by atoms with van der Waals surface area (Å²) in [4.78, 5) is 16.7. The molecular weight excluding hydrogens is 337 g/mol. The molecule has 0 aromatic heterocycles. The molecule has 19 heavy (non-hydrogen) atoms. The zero-order valence-electron chi connectivity index (χ0n) is 12.3. The summed E-state index contributed by atoms with van der Waals surface area (Å²) in [6.45, 7) is 4.40. The van der Waals surface area contributed by atoms with Crippen LogP contribution in [0.3, 0.4) is 0 Å². The fourth-order valence-corrected chi connectivity index (χ4v) is 3.52. The van der Waals surface area contributed by atoms with Gasteiger partial charge in [0.15, 0.2) is 0 Å². The van der Waals surface area contributed by atoms with E-state index >= 15 is 0 Å². The number of rotatable bonds is 11. The van der Waals surface area contributed by atoms with Gasteiger partial charge >= 0.3 is 50.9 Å². The van der Waals surface area contributed by atoms with Gasteiger partial charge in [0.2, 0.25) is 0 Å². The van der Waals surface area contributed by atoms with Crippen molar-refractivity contribution < 1.29 is 36.6 Å². The number of hydrogen-bond donors (Lipinski definition) is 2. The van der Waals surface area contributed by atoms with Crippen LogP contribution in [0.2, 0.25) is 5.02 Å². The summed E-state index contributed by atoms with van der Waals surface area (Å²) in [5, 5.41) is 1.47. The summed E-state index contributed by atoms with van der Waals surface area (Å²) in [5.74, 6) is 0.650. The van der Waals surface area contributed by atoms with Crippen LogP contribution in [0.15, 0.2) is 0 Å². The molecule has 0 saturated heterocycles. The topological polar surface area (TPSA) is 66.8 Å². The van der Waals surface area contributed by atoms with Crippen molar-refractivity contribution in [2.24, 2.45) is 0 Å². The molecule has 0 aromatic carbocycles. The van der Waals surface area contributed by atoms with Gasteiger partial charge in [0, 0.05) is 17.8 Å². The fourth-order valence-electron chi connectivity index (χ4n) is 1.30. The molecule has 0 heterocycles. The van der Waals surface area contributed by atoms with Gasteiger partial charge in [-0.3, -0.25) is 0 Å². The first kappa shape index (κ1) is 22.4. The van der Waals surface area contributed by atoms with Crippen LogP contribution in [0, 0.1) is 0 Å². The van der Waals surface area contributed by atoms with Crippen molar-refractivity contribution in [2.45, 2.75) is 70.2 Å². The molecule has 0 atom stereocenters. The molecule has 0 aliphatic carbocycles. The number of hydrogen-bond acceptors (Lipinski definition) is 3. The molecule has 4 nitrogen and oxygen atoms in total. The second kappa shape index (κ2) is 17.1. The Kier molecular flexibility index (Phi) is 20.2. The molecule has 0 aliphatic heterocycles. The Morgan fingerprint density at radius 3 is 1.95 bits per heavy atom. The van der Waals surface area contributed by atoms with E-state index in [4.69, 9.17) is 9.79 Å². The Hall–Kier alpha value is 1.08. The molecule has 0 amide bonds. The predicted molar refractivity (Wildman–Crippen MR) is 78.7 cm³/mol. The number of unbranched alkanes of at least 4 members (excludes halogenated alkanes) is 6. The molecule has 0 radical (unpaired) electrons. The second-order valence-corrected chi connectivity index (χ2v) is 8.07. The van der Waals surface area contributed by atoms with Gasteiger partial charge in [-0.25, -0.2) is 8.54 Å². The van der Waals surface area contributed by atoms with Gasteiger partial charge in [-0.05, 0) is 6.42 Å². The second-order valence-electron chi connectivity index (χ2n) is 4.36. The van der Waals surface area contributed by atoms with Crippen LogP contribution in [0.1, 0.15) is 65.2 Å². The summed E-state index contributed by atoms with van der Waals surface area (Å²) >= 11 is 2.34. The average molecular weight is 365 g/mol. The van der Waals surface area contributed by atoms with E-state index in [2.05, 4.69) is 17.8 Å². The average Bonchev–Trinajstić information content (AvgIpc) is 2.33. The van der Waals surface area contributed by atoms with E-state index in [9.17, 15) is 4.57 Å². The normalized spacial score (nSPS) is 11.1. The van der Waals surface area contributed by atoms with Crippen LogP contribution in [0.4, 0.5) is 0 Å². The van der Waals surface area contributed by atoms with Crippen molar-refractivity contribution in [3.63, 3.8) is 0 Å². The van der Waals surface area contributed by atoms with Crippen LogP contribution >= 0.6 is 19.9 Å². The SMILES string of the molecule is CCCCCCCCSOP(=O)(O)O.CCC[CH2][Zn]. The van der Waals surface area contributed by atoms with Crippen molar-refractivity contribution in [1.82, 2.24) is 0 Å². The molecule has 7 heteroatoms. The van der Waals surface area contributed by atoms with Crippen LogP contribution in [-0.4, -0.2) is 15.5 Å². The van der Waals surface area contributed by atoms with Crippen molar-refractivity contribution in [3.05, 3.63) is 0 Å². The van der Waals surface area contributed by atoms with Crippen molar-refractivity contribution >= 4 is 19.9 Å². The third kappa shape index (κ3) is 28.1. The Balaban J connectivity index is 0. The molecular formula is C12H28O4PSZn. The fraction of sp³-hybridized carbons (Fsp3) is 1.00. The third-order valence-electron chi connectivity index (χ3n) is 2.33. The van der Waals surface area contributed by atoms with E-state index in [0.717, 1.165) is 24.9 Å². The summed E-state index contributed by atoms with van der Waals surface area (Å²) in [7, 11) is -4.27. The Morgan fingerprint density at radius 1 is 1.00 bits per heavy atom. The van der Waals surface area contributed by atoms with Crippen LogP contribution in [0.5, 0.6) is 0 Å². The summed E-state index contributed by atoms with van der Waals surface area (Å²) in [6, 6.07) is 0. The van der Waals surface area contributed by atoms with Crippen molar-refractivity contribution in [2.75, 3.05) is 5.75 Å². The zero-order valence-corrected chi connectivity index (χ0v) is 17.0. The van der Waals surface area contributed by atoms with Gasteiger partial charge in [0.1, 0.15) is 0 Å². The van der Waals surface area contributed by atoms with Gasteiger partial charge in [-0.2, -0.15) is 0 Å². The quantitative estimate of drug-likeness (QED) is 0.237. The third-order valence-corrected chi connectivity index (χ3v) is 5.04. The molecule has 113 valence electrons. The maximum absolute atomic E-state index is 10.3. The van der Waals surface area contributed by atoms with Gasteiger partial charge in [-0.1, -0.05) is 39.0 Å².